The van der Waals surface area contributed by atoms with Gasteiger partial charge < -0.3 is 4.90 Å². The van der Waals surface area contributed by atoms with E-state index in [-0.39, 0.29) is 0 Å². The van der Waals surface area contributed by atoms with Crippen molar-refractivity contribution >= 4 is 0 Å². The summed E-state index contributed by atoms with van der Waals surface area (Å²) in [5.41, 5.74) is 0.349. The van der Waals surface area contributed by atoms with Gasteiger partial charge in [-0.05, 0) is 43.7 Å². The predicted molar refractivity (Wildman–Crippen MR) is 63.8 cm³/mol. The highest BCUT2D eigenvalue weighted by atomic mass is 19.1. The van der Waals surface area contributed by atoms with Crippen LogP contribution >= 0.6 is 0 Å². The Hall–Kier alpha value is -0.110. The highest BCUT2D eigenvalue weighted by Crippen LogP contribution is 2.30. The van der Waals surface area contributed by atoms with Crippen molar-refractivity contribution in [1.82, 2.24) is 4.90 Å². The van der Waals surface area contributed by atoms with E-state index in [0.717, 1.165) is 32.4 Å². The molecule has 0 N–H and O–H groups in total. The largest absolute Gasteiger partial charge is 0.301 e. The molecule has 1 rings (SSSR count). The molecule has 0 aromatic rings. The van der Waals surface area contributed by atoms with Crippen LogP contribution in [0.15, 0.2) is 0 Å². The van der Waals surface area contributed by atoms with E-state index in [1.54, 1.807) is 0 Å². The Bertz CT molecular complexity index is 185. The van der Waals surface area contributed by atoms with Crippen LogP contribution in [0.4, 0.5) is 4.39 Å². The zero-order valence-corrected chi connectivity index (χ0v) is 10.7. The van der Waals surface area contributed by atoms with Crippen LogP contribution in [0.1, 0.15) is 47.0 Å². The molecule has 0 aliphatic carbocycles. The lowest BCUT2D eigenvalue weighted by Gasteiger charge is -2.35. The van der Waals surface area contributed by atoms with Gasteiger partial charge >= 0.3 is 0 Å². The molecule has 90 valence electrons. The Morgan fingerprint density at radius 2 is 2.00 bits per heavy atom. The predicted octanol–water partition coefficient (Wildman–Crippen LogP) is 3.49. The molecule has 1 heterocycles. The number of hydrogen-bond donors (Lipinski definition) is 0. The molecule has 15 heavy (non-hydrogen) atoms. The van der Waals surface area contributed by atoms with Crippen molar-refractivity contribution in [3.8, 4) is 0 Å². The fourth-order valence-corrected chi connectivity index (χ4v) is 2.25. The zero-order chi connectivity index (χ0) is 11.5. The normalized spacial score (nSPS) is 29.4. The van der Waals surface area contributed by atoms with Crippen molar-refractivity contribution < 1.29 is 4.39 Å². The van der Waals surface area contributed by atoms with Crippen molar-refractivity contribution in [3.63, 3.8) is 0 Å². The molecular formula is C13H26FN. The lowest BCUT2D eigenvalue weighted by atomic mass is 9.82. The number of hydrogen-bond acceptors (Lipinski definition) is 1. The highest BCUT2D eigenvalue weighted by molar-refractivity contribution is 4.81. The number of nitrogens with zero attached hydrogens (tertiary/aromatic N) is 1. The number of likely N-dealkylation sites (tertiary alicyclic amines) is 1. The molecule has 0 aromatic carbocycles. The average Bonchev–Trinajstić information content (AvgIpc) is 2.14. The molecule has 0 saturated carbocycles. The molecule has 1 saturated heterocycles. The maximum absolute atomic E-state index is 13.8. The molecule has 0 bridgehead atoms. The third-order valence-electron chi connectivity index (χ3n) is 3.47. The molecule has 1 fully saturated rings. The maximum Gasteiger partial charge on any atom is 0.116 e. The molecule has 1 unspecified atom stereocenters. The number of halogens is 1. The summed E-state index contributed by atoms with van der Waals surface area (Å²) in [6.45, 7) is 11.6. The SMILES string of the molecule is CCN1CCC(CCC(C)(C)C)[C@@H](F)C1. The van der Waals surface area contributed by atoms with Crippen LogP contribution in [-0.2, 0) is 0 Å². The minimum Gasteiger partial charge on any atom is -0.301 e. The first-order chi connectivity index (χ1) is 6.92. The first kappa shape index (κ1) is 13.0. The van der Waals surface area contributed by atoms with E-state index in [0.29, 0.717) is 17.9 Å². The first-order valence-corrected chi connectivity index (χ1v) is 6.29. The summed E-state index contributed by atoms with van der Waals surface area (Å²) >= 11 is 0. The summed E-state index contributed by atoms with van der Waals surface area (Å²) in [7, 11) is 0. The van der Waals surface area contributed by atoms with Gasteiger partial charge in [-0.2, -0.15) is 0 Å². The Balaban J connectivity index is 2.32. The van der Waals surface area contributed by atoms with E-state index >= 15 is 0 Å². The molecule has 1 aliphatic rings. The van der Waals surface area contributed by atoms with Gasteiger partial charge in [0.05, 0.1) is 0 Å². The highest BCUT2D eigenvalue weighted by Gasteiger charge is 2.29. The lowest BCUT2D eigenvalue weighted by molar-refractivity contribution is 0.0774. The Morgan fingerprint density at radius 1 is 1.33 bits per heavy atom. The molecule has 0 amide bonds. The molecule has 1 nitrogen and oxygen atoms in total. The average molecular weight is 215 g/mol. The van der Waals surface area contributed by atoms with E-state index < -0.39 is 6.17 Å². The summed E-state index contributed by atoms with van der Waals surface area (Å²) < 4.78 is 13.8. The van der Waals surface area contributed by atoms with Crippen molar-refractivity contribution in [3.05, 3.63) is 0 Å². The molecule has 1 aliphatic heterocycles. The van der Waals surface area contributed by atoms with Gasteiger partial charge in [-0.3, -0.25) is 0 Å². The van der Waals surface area contributed by atoms with Crippen molar-refractivity contribution in [2.75, 3.05) is 19.6 Å². The Kier molecular flexibility index (Phi) is 4.57. The van der Waals surface area contributed by atoms with E-state index in [1.165, 1.54) is 0 Å². The first-order valence-electron chi connectivity index (χ1n) is 6.29. The van der Waals surface area contributed by atoms with Gasteiger partial charge in [0.1, 0.15) is 6.17 Å². The van der Waals surface area contributed by atoms with E-state index in [4.69, 9.17) is 0 Å². The second kappa shape index (κ2) is 5.29. The topological polar surface area (TPSA) is 3.24 Å². The summed E-state index contributed by atoms with van der Waals surface area (Å²) in [4.78, 5) is 2.22. The number of piperidine rings is 1. The minimum absolute atomic E-state index is 0.312. The van der Waals surface area contributed by atoms with Crippen molar-refractivity contribution in [2.45, 2.75) is 53.1 Å². The van der Waals surface area contributed by atoms with Crippen LogP contribution in [0, 0.1) is 11.3 Å². The number of alkyl halides is 1. The van der Waals surface area contributed by atoms with Gasteiger partial charge in [0.15, 0.2) is 0 Å². The van der Waals surface area contributed by atoms with Gasteiger partial charge in [0.2, 0.25) is 0 Å². The molecule has 2 heteroatoms. The molecule has 0 spiro atoms. The maximum atomic E-state index is 13.8. The van der Waals surface area contributed by atoms with Crippen molar-refractivity contribution in [2.24, 2.45) is 11.3 Å². The van der Waals surface area contributed by atoms with Crippen LogP contribution < -0.4 is 0 Å². The monoisotopic (exact) mass is 215 g/mol. The molecule has 0 aromatic heterocycles. The quantitative estimate of drug-likeness (QED) is 0.696. The third-order valence-corrected chi connectivity index (χ3v) is 3.47. The Morgan fingerprint density at radius 3 is 2.47 bits per heavy atom. The van der Waals surface area contributed by atoms with Crippen LogP contribution in [-0.4, -0.2) is 30.7 Å². The van der Waals surface area contributed by atoms with Crippen LogP contribution in [0.25, 0.3) is 0 Å². The molecule has 0 radical (unpaired) electrons. The van der Waals surface area contributed by atoms with E-state index in [9.17, 15) is 4.39 Å². The third kappa shape index (κ3) is 4.50. The smallest absolute Gasteiger partial charge is 0.116 e. The summed E-state index contributed by atoms with van der Waals surface area (Å²) in [5, 5.41) is 0. The zero-order valence-electron chi connectivity index (χ0n) is 10.7. The number of rotatable bonds is 3. The molecular weight excluding hydrogens is 189 g/mol. The van der Waals surface area contributed by atoms with Gasteiger partial charge in [0, 0.05) is 6.54 Å². The standard InChI is InChI=1S/C13H26FN/c1-5-15-9-7-11(12(14)10-15)6-8-13(2,3)4/h11-12H,5-10H2,1-4H3/t11?,12-/m0/s1. The summed E-state index contributed by atoms with van der Waals surface area (Å²) in [5.74, 6) is 0.312. The lowest BCUT2D eigenvalue weighted by Crippen LogP contribution is -2.41. The van der Waals surface area contributed by atoms with Gasteiger partial charge in [0.25, 0.3) is 0 Å². The second-order valence-corrected chi connectivity index (χ2v) is 6.06. The van der Waals surface area contributed by atoms with Crippen molar-refractivity contribution in [1.29, 1.82) is 0 Å². The summed E-state index contributed by atoms with van der Waals surface area (Å²) in [6.07, 6.45) is 2.65. The fraction of sp³-hybridized carbons (Fsp3) is 1.00. The fourth-order valence-electron chi connectivity index (χ4n) is 2.25. The van der Waals surface area contributed by atoms with Crippen LogP contribution in [0.5, 0.6) is 0 Å². The molecule has 2 atom stereocenters. The van der Waals surface area contributed by atoms with Gasteiger partial charge in [-0.1, -0.05) is 27.7 Å². The second-order valence-electron chi connectivity index (χ2n) is 6.06. The van der Waals surface area contributed by atoms with Gasteiger partial charge in [-0.25, -0.2) is 4.39 Å². The van der Waals surface area contributed by atoms with Crippen LogP contribution in [0.3, 0.4) is 0 Å². The van der Waals surface area contributed by atoms with E-state index in [2.05, 4.69) is 32.6 Å². The Labute approximate surface area is 94.0 Å². The van der Waals surface area contributed by atoms with E-state index in [1.807, 2.05) is 0 Å². The van der Waals surface area contributed by atoms with Gasteiger partial charge in [-0.15, -0.1) is 0 Å². The minimum atomic E-state index is -0.596. The summed E-state index contributed by atoms with van der Waals surface area (Å²) in [6, 6.07) is 0. The van der Waals surface area contributed by atoms with Crippen LogP contribution in [0.2, 0.25) is 0 Å².